The molecule has 0 unspecified atom stereocenters. The number of hydrogen-bond donors (Lipinski definition) is 1. The van der Waals surface area contributed by atoms with Crippen molar-refractivity contribution < 1.29 is 4.42 Å². The zero-order valence-corrected chi connectivity index (χ0v) is 10.7. The Bertz CT molecular complexity index is 566. The topological polar surface area (TPSA) is 54.2 Å². The van der Waals surface area contributed by atoms with Crippen molar-refractivity contribution in [2.24, 2.45) is 0 Å². The minimum Gasteiger partial charge on any atom is -0.407 e. The lowest BCUT2D eigenvalue weighted by Gasteiger charge is -2.10. The summed E-state index contributed by atoms with van der Waals surface area (Å²) in [5.41, 5.74) is 2.69. The van der Waals surface area contributed by atoms with Crippen molar-refractivity contribution in [3.63, 3.8) is 0 Å². The summed E-state index contributed by atoms with van der Waals surface area (Å²) in [5, 5.41) is 11.6. The van der Waals surface area contributed by atoms with E-state index < -0.39 is 0 Å². The van der Waals surface area contributed by atoms with Gasteiger partial charge in [0, 0.05) is 19.1 Å². The van der Waals surface area contributed by atoms with Gasteiger partial charge in [-0.2, -0.15) is 0 Å². The van der Waals surface area contributed by atoms with Crippen LogP contribution in [0.4, 0.5) is 6.01 Å². The van der Waals surface area contributed by atoms with Crippen LogP contribution in [0, 0.1) is 0 Å². The van der Waals surface area contributed by atoms with Crippen LogP contribution < -0.4 is 10.2 Å². The van der Waals surface area contributed by atoms with Gasteiger partial charge in [-0.15, -0.1) is 5.10 Å². The predicted molar refractivity (Wildman–Crippen MR) is 70.5 cm³/mol. The van der Waals surface area contributed by atoms with Crippen LogP contribution in [-0.4, -0.2) is 16.2 Å². The highest BCUT2D eigenvalue weighted by Gasteiger charge is 2.24. The number of anilines is 1. The van der Waals surface area contributed by atoms with E-state index >= 15 is 0 Å². The van der Waals surface area contributed by atoms with Crippen LogP contribution in [0.1, 0.15) is 29.9 Å². The summed E-state index contributed by atoms with van der Waals surface area (Å²) < 4.78 is 5.72. The molecular formula is C14H16N4O. The highest BCUT2D eigenvalue weighted by Crippen LogP contribution is 2.27. The van der Waals surface area contributed by atoms with Crippen LogP contribution in [0.5, 0.6) is 0 Å². The SMILES string of the molecule is c1ccc2c(c1)CN(c1nnc(CNC3CC3)o1)C2. The summed E-state index contributed by atoms with van der Waals surface area (Å²) in [6.07, 6.45) is 2.53. The molecule has 1 aromatic carbocycles. The van der Waals surface area contributed by atoms with Crippen molar-refractivity contribution in [2.45, 2.75) is 38.5 Å². The number of aromatic nitrogens is 2. The molecule has 2 aromatic rings. The lowest BCUT2D eigenvalue weighted by molar-refractivity contribution is 0.461. The first-order valence-electron chi connectivity index (χ1n) is 6.76. The number of nitrogens with one attached hydrogen (secondary N) is 1. The highest BCUT2D eigenvalue weighted by molar-refractivity contribution is 5.41. The van der Waals surface area contributed by atoms with Crippen molar-refractivity contribution in [3.8, 4) is 0 Å². The first-order valence-corrected chi connectivity index (χ1v) is 6.76. The monoisotopic (exact) mass is 256 g/mol. The van der Waals surface area contributed by atoms with Gasteiger partial charge in [0.05, 0.1) is 6.54 Å². The van der Waals surface area contributed by atoms with E-state index in [1.165, 1.54) is 24.0 Å². The van der Waals surface area contributed by atoms with Crippen molar-refractivity contribution in [3.05, 3.63) is 41.3 Å². The van der Waals surface area contributed by atoms with Gasteiger partial charge in [0.15, 0.2) is 0 Å². The third-order valence-corrected chi connectivity index (χ3v) is 3.69. The molecule has 5 nitrogen and oxygen atoms in total. The van der Waals surface area contributed by atoms with Gasteiger partial charge in [0.2, 0.25) is 5.89 Å². The van der Waals surface area contributed by atoms with E-state index in [4.69, 9.17) is 4.42 Å². The molecule has 1 saturated carbocycles. The summed E-state index contributed by atoms with van der Waals surface area (Å²) >= 11 is 0. The molecule has 98 valence electrons. The zero-order chi connectivity index (χ0) is 12.7. The molecule has 1 aliphatic carbocycles. The Morgan fingerprint density at radius 2 is 1.89 bits per heavy atom. The highest BCUT2D eigenvalue weighted by atomic mass is 16.4. The number of rotatable bonds is 4. The van der Waals surface area contributed by atoms with Crippen molar-refractivity contribution >= 4 is 6.01 Å². The Kier molecular flexibility index (Phi) is 2.51. The van der Waals surface area contributed by atoms with Crippen molar-refractivity contribution in [2.75, 3.05) is 4.90 Å². The van der Waals surface area contributed by atoms with Gasteiger partial charge in [-0.3, -0.25) is 0 Å². The van der Waals surface area contributed by atoms with Crippen LogP contribution >= 0.6 is 0 Å². The van der Waals surface area contributed by atoms with E-state index in [1.807, 2.05) is 0 Å². The molecule has 4 rings (SSSR count). The largest absolute Gasteiger partial charge is 0.407 e. The van der Waals surface area contributed by atoms with Crippen LogP contribution in [0.25, 0.3) is 0 Å². The minimum absolute atomic E-state index is 0.629. The summed E-state index contributed by atoms with van der Waals surface area (Å²) in [4.78, 5) is 2.12. The second kappa shape index (κ2) is 4.35. The number of hydrogen-bond acceptors (Lipinski definition) is 5. The van der Waals surface area contributed by atoms with Crippen molar-refractivity contribution in [1.29, 1.82) is 0 Å². The van der Waals surface area contributed by atoms with Crippen LogP contribution in [0.2, 0.25) is 0 Å². The quantitative estimate of drug-likeness (QED) is 0.904. The van der Waals surface area contributed by atoms with Gasteiger partial charge < -0.3 is 14.6 Å². The predicted octanol–water partition coefficient (Wildman–Crippen LogP) is 1.84. The minimum atomic E-state index is 0.629. The fourth-order valence-corrected chi connectivity index (χ4v) is 2.43. The Morgan fingerprint density at radius 1 is 1.16 bits per heavy atom. The maximum absolute atomic E-state index is 5.72. The Labute approximate surface area is 111 Å². The molecule has 0 radical (unpaired) electrons. The van der Waals surface area contributed by atoms with Crippen LogP contribution in [0.15, 0.2) is 28.7 Å². The first kappa shape index (κ1) is 11.0. The van der Waals surface area contributed by atoms with E-state index in [-0.39, 0.29) is 0 Å². The molecule has 0 amide bonds. The molecule has 2 heterocycles. The molecule has 2 aliphatic rings. The molecule has 1 aliphatic heterocycles. The maximum Gasteiger partial charge on any atom is 0.318 e. The molecule has 0 saturated heterocycles. The first-order chi connectivity index (χ1) is 9.38. The zero-order valence-electron chi connectivity index (χ0n) is 10.7. The molecule has 0 bridgehead atoms. The van der Waals surface area contributed by atoms with Gasteiger partial charge in [-0.1, -0.05) is 29.4 Å². The van der Waals surface area contributed by atoms with E-state index in [0.29, 0.717) is 24.5 Å². The fourth-order valence-electron chi connectivity index (χ4n) is 2.43. The molecule has 1 aromatic heterocycles. The average Bonchev–Trinajstić information content (AvgIpc) is 2.99. The fraction of sp³-hybridized carbons (Fsp3) is 0.429. The Balaban J connectivity index is 1.45. The Hall–Kier alpha value is -1.88. The summed E-state index contributed by atoms with van der Waals surface area (Å²) in [6.45, 7) is 2.39. The Morgan fingerprint density at radius 3 is 2.58 bits per heavy atom. The van der Waals surface area contributed by atoms with E-state index in [0.717, 1.165) is 13.1 Å². The average molecular weight is 256 g/mol. The summed E-state index contributed by atoms with van der Waals surface area (Å²) in [6, 6.07) is 9.74. The molecular weight excluding hydrogens is 240 g/mol. The standard InChI is InChI=1S/C14H16N4O/c1-2-4-11-9-18(8-10(11)3-1)14-17-16-13(19-14)7-15-12-5-6-12/h1-4,12,15H,5-9H2. The van der Waals surface area contributed by atoms with Crippen LogP contribution in [-0.2, 0) is 19.6 Å². The second-order valence-electron chi connectivity index (χ2n) is 5.26. The van der Waals surface area contributed by atoms with Gasteiger partial charge in [0.25, 0.3) is 0 Å². The maximum atomic E-state index is 5.72. The number of fused-ring (bicyclic) bond motifs is 1. The number of nitrogens with zero attached hydrogens (tertiary/aromatic N) is 3. The molecule has 0 atom stereocenters. The van der Waals surface area contributed by atoms with Crippen LogP contribution in [0.3, 0.4) is 0 Å². The third-order valence-electron chi connectivity index (χ3n) is 3.69. The molecule has 1 N–H and O–H groups in total. The molecule has 19 heavy (non-hydrogen) atoms. The van der Waals surface area contributed by atoms with Crippen molar-refractivity contribution in [1.82, 2.24) is 15.5 Å². The molecule has 0 spiro atoms. The smallest absolute Gasteiger partial charge is 0.318 e. The van der Waals surface area contributed by atoms with E-state index in [1.54, 1.807) is 0 Å². The van der Waals surface area contributed by atoms with Gasteiger partial charge >= 0.3 is 6.01 Å². The summed E-state index contributed by atoms with van der Waals surface area (Å²) in [7, 11) is 0. The second-order valence-corrected chi connectivity index (χ2v) is 5.26. The number of benzene rings is 1. The molecule has 5 heteroatoms. The molecule has 1 fully saturated rings. The van der Waals surface area contributed by atoms with E-state index in [2.05, 4.69) is 44.7 Å². The lowest BCUT2D eigenvalue weighted by atomic mass is 10.1. The van der Waals surface area contributed by atoms with E-state index in [9.17, 15) is 0 Å². The lowest BCUT2D eigenvalue weighted by Crippen LogP contribution is -2.15. The van der Waals surface area contributed by atoms with Gasteiger partial charge in [-0.05, 0) is 24.0 Å². The normalized spacial score (nSPS) is 17.8. The third kappa shape index (κ3) is 2.21. The van der Waals surface area contributed by atoms with Gasteiger partial charge in [-0.25, -0.2) is 0 Å². The summed E-state index contributed by atoms with van der Waals surface area (Å²) in [5.74, 6) is 0.679. The van der Waals surface area contributed by atoms with Gasteiger partial charge in [0.1, 0.15) is 0 Å².